The van der Waals surface area contributed by atoms with Gasteiger partial charge in [0, 0.05) is 18.1 Å². The van der Waals surface area contributed by atoms with Crippen molar-refractivity contribution < 1.29 is 14.3 Å². The van der Waals surface area contributed by atoms with E-state index in [4.69, 9.17) is 27.9 Å². The van der Waals surface area contributed by atoms with Crippen molar-refractivity contribution in [2.75, 3.05) is 5.32 Å². The number of carbonyl (C=O) groups is 2. The Kier molecular flexibility index (Phi) is 6.39. The summed E-state index contributed by atoms with van der Waals surface area (Å²) in [4.78, 5) is 28.1. The van der Waals surface area contributed by atoms with Gasteiger partial charge >= 0.3 is 5.97 Å². The molecule has 1 heterocycles. The molecule has 0 saturated carbocycles. The Bertz CT molecular complexity index is 756. The normalized spacial score (nSPS) is 11.9. The summed E-state index contributed by atoms with van der Waals surface area (Å²) < 4.78 is 5.20. The molecule has 2 rings (SSSR count). The maximum Gasteiger partial charge on any atom is 0.313 e. The zero-order chi connectivity index (χ0) is 18.6. The van der Waals surface area contributed by atoms with E-state index in [1.165, 1.54) is 12.4 Å². The highest BCUT2D eigenvalue weighted by atomic mass is 35.5. The average molecular weight is 381 g/mol. The van der Waals surface area contributed by atoms with Gasteiger partial charge in [-0.05, 0) is 38.5 Å². The van der Waals surface area contributed by atoms with Gasteiger partial charge in [-0.3, -0.25) is 14.6 Å². The molecule has 0 radical (unpaired) electrons. The first kappa shape index (κ1) is 19.2. The molecule has 0 aliphatic heterocycles. The highest BCUT2D eigenvalue weighted by molar-refractivity contribution is 6.40. The van der Waals surface area contributed by atoms with E-state index < -0.39 is 11.8 Å². The summed E-state index contributed by atoms with van der Waals surface area (Å²) in [5, 5.41) is 3.06. The zero-order valence-electron chi connectivity index (χ0n) is 14.0. The van der Waals surface area contributed by atoms with Gasteiger partial charge in [0.15, 0.2) is 0 Å². The second-order valence-electron chi connectivity index (χ2n) is 5.76. The summed E-state index contributed by atoms with van der Waals surface area (Å²) in [6.45, 7) is 5.38. The van der Waals surface area contributed by atoms with Crippen LogP contribution in [0, 0.1) is 0 Å². The third-order valence-corrected chi connectivity index (χ3v) is 4.03. The van der Waals surface area contributed by atoms with Gasteiger partial charge in [0.05, 0.1) is 27.6 Å². The van der Waals surface area contributed by atoms with Gasteiger partial charge in [0.2, 0.25) is 0 Å². The lowest BCUT2D eigenvalue weighted by Gasteiger charge is -2.15. The number of carbonyl (C=O) groups excluding carboxylic acids is 2. The number of nitrogens with zero attached hydrogens (tertiary/aromatic N) is 1. The minimum absolute atomic E-state index is 0.163. The van der Waals surface area contributed by atoms with Crippen molar-refractivity contribution in [3.8, 4) is 0 Å². The number of hydrogen-bond acceptors (Lipinski definition) is 4. The summed E-state index contributed by atoms with van der Waals surface area (Å²) in [5.41, 5.74) is 1.52. The Morgan fingerprint density at radius 1 is 1.04 bits per heavy atom. The first-order valence-corrected chi connectivity index (χ1v) is 8.46. The molecule has 1 unspecified atom stereocenters. The second kappa shape index (κ2) is 8.32. The van der Waals surface area contributed by atoms with Gasteiger partial charge in [0.1, 0.15) is 0 Å². The maximum atomic E-state index is 12.3. The van der Waals surface area contributed by atoms with Crippen molar-refractivity contribution in [2.45, 2.75) is 32.8 Å². The number of halogens is 2. The van der Waals surface area contributed by atoms with Gasteiger partial charge in [-0.1, -0.05) is 35.3 Å². The number of nitrogens with one attached hydrogen (secondary N) is 1. The number of esters is 1. The van der Waals surface area contributed by atoms with Crippen LogP contribution < -0.4 is 5.32 Å². The molecule has 132 valence electrons. The van der Waals surface area contributed by atoms with E-state index in [2.05, 4.69) is 10.3 Å². The van der Waals surface area contributed by atoms with Crippen molar-refractivity contribution in [1.29, 1.82) is 0 Å². The summed E-state index contributed by atoms with van der Waals surface area (Å²) >= 11 is 11.9. The molecule has 7 heteroatoms. The van der Waals surface area contributed by atoms with Crippen LogP contribution in [-0.4, -0.2) is 23.0 Å². The molecule has 1 amide bonds. The lowest BCUT2D eigenvalue weighted by molar-refractivity contribution is -0.148. The Balaban J connectivity index is 2.10. The molecule has 0 bridgehead atoms. The number of pyridine rings is 1. The number of aromatic nitrogens is 1. The number of ether oxygens (including phenoxy) is 1. The monoisotopic (exact) mass is 380 g/mol. The van der Waals surface area contributed by atoms with Crippen LogP contribution in [-0.2, 0) is 9.53 Å². The fourth-order valence-corrected chi connectivity index (χ4v) is 2.68. The van der Waals surface area contributed by atoms with E-state index in [0.717, 1.165) is 5.56 Å². The Hall–Kier alpha value is -2.11. The molecule has 1 aromatic carbocycles. The van der Waals surface area contributed by atoms with E-state index in [9.17, 15) is 9.59 Å². The average Bonchev–Trinajstić information content (AvgIpc) is 2.54. The van der Waals surface area contributed by atoms with Crippen LogP contribution in [0.15, 0.2) is 36.7 Å². The number of anilines is 1. The van der Waals surface area contributed by atoms with Gasteiger partial charge in [0.25, 0.3) is 5.91 Å². The third kappa shape index (κ3) is 4.94. The molecule has 25 heavy (non-hydrogen) atoms. The molecule has 1 atom stereocenters. The Morgan fingerprint density at radius 2 is 1.60 bits per heavy atom. The van der Waals surface area contributed by atoms with E-state index in [1.807, 2.05) is 0 Å². The molecule has 1 N–H and O–H groups in total. The molecule has 0 aliphatic rings. The van der Waals surface area contributed by atoms with Crippen LogP contribution in [0.2, 0.25) is 10.0 Å². The largest absolute Gasteiger partial charge is 0.463 e. The molecular weight excluding hydrogens is 363 g/mol. The van der Waals surface area contributed by atoms with Crippen LogP contribution in [0.25, 0.3) is 0 Å². The first-order chi connectivity index (χ1) is 11.8. The molecule has 0 aliphatic carbocycles. The molecule has 0 fully saturated rings. The van der Waals surface area contributed by atoms with Crippen LogP contribution in [0.4, 0.5) is 5.69 Å². The first-order valence-electron chi connectivity index (χ1n) is 7.70. The lowest BCUT2D eigenvalue weighted by Crippen LogP contribution is -2.17. The van der Waals surface area contributed by atoms with Gasteiger partial charge in [-0.2, -0.15) is 0 Å². The molecule has 0 spiro atoms. The van der Waals surface area contributed by atoms with Crippen molar-refractivity contribution in [3.63, 3.8) is 0 Å². The Labute approximate surface area is 156 Å². The quantitative estimate of drug-likeness (QED) is 0.763. The summed E-state index contributed by atoms with van der Waals surface area (Å²) in [5.74, 6) is -1.12. The number of amides is 1. The molecular formula is C18H18Cl2N2O3. The topological polar surface area (TPSA) is 68.3 Å². The van der Waals surface area contributed by atoms with Crippen LogP contribution in [0.1, 0.15) is 42.6 Å². The fourth-order valence-electron chi connectivity index (χ4n) is 2.15. The number of benzene rings is 1. The third-order valence-electron chi connectivity index (χ3n) is 3.45. The van der Waals surface area contributed by atoms with Crippen LogP contribution >= 0.6 is 23.2 Å². The van der Waals surface area contributed by atoms with Crippen LogP contribution in [0.3, 0.4) is 0 Å². The van der Waals surface area contributed by atoms with Crippen molar-refractivity contribution in [2.24, 2.45) is 0 Å². The summed E-state index contributed by atoms with van der Waals surface area (Å²) in [7, 11) is 0. The Morgan fingerprint density at radius 3 is 2.12 bits per heavy atom. The van der Waals surface area contributed by atoms with Gasteiger partial charge in [-0.25, -0.2) is 0 Å². The highest BCUT2D eigenvalue weighted by Gasteiger charge is 2.19. The van der Waals surface area contributed by atoms with Crippen molar-refractivity contribution in [3.05, 3.63) is 57.8 Å². The fraction of sp³-hybridized carbons (Fsp3) is 0.278. The predicted octanol–water partition coefficient (Wildman–Crippen LogP) is 4.70. The minimum atomic E-state index is -0.433. The van der Waals surface area contributed by atoms with E-state index in [0.29, 0.717) is 5.69 Å². The molecule has 0 saturated heterocycles. The molecule has 5 nitrogen and oxygen atoms in total. The highest BCUT2D eigenvalue weighted by Crippen LogP contribution is 2.25. The summed E-state index contributed by atoms with van der Waals surface area (Å²) in [6.07, 6.45) is 2.55. The number of hydrogen-bond donors (Lipinski definition) is 1. The standard InChI is InChI=1S/C18H18Cl2N2O3/c1-10(2)25-18(24)11(3)12-4-6-13(7-5-12)22-17(23)16-14(19)8-21-9-15(16)20/h4-11H,1-3H3,(H,22,23). The lowest BCUT2D eigenvalue weighted by atomic mass is 10.0. The second-order valence-corrected chi connectivity index (χ2v) is 6.58. The van der Waals surface area contributed by atoms with Gasteiger partial charge < -0.3 is 10.1 Å². The molecule has 1 aromatic heterocycles. The smallest absolute Gasteiger partial charge is 0.313 e. The van der Waals surface area contributed by atoms with E-state index in [-0.39, 0.29) is 27.7 Å². The van der Waals surface area contributed by atoms with Gasteiger partial charge in [-0.15, -0.1) is 0 Å². The summed E-state index contributed by atoms with van der Waals surface area (Å²) in [6, 6.07) is 6.93. The minimum Gasteiger partial charge on any atom is -0.463 e. The predicted molar refractivity (Wildman–Crippen MR) is 98.3 cm³/mol. The molecule has 2 aromatic rings. The number of rotatable bonds is 5. The van der Waals surface area contributed by atoms with E-state index in [1.54, 1.807) is 45.0 Å². The van der Waals surface area contributed by atoms with E-state index >= 15 is 0 Å². The SMILES string of the molecule is CC(C)OC(=O)C(C)c1ccc(NC(=O)c2c(Cl)cncc2Cl)cc1. The maximum absolute atomic E-state index is 12.3. The van der Waals surface area contributed by atoms with Crippen molar-refractivity contribution in [1.82, 2.24) is 4.98 Å². The van der Waals surface area contributed by atoms with Crippen LogP contribution in [0.5, 0.6) is 0 Å². The zero-order valence-corrected chi connectivity index (χ0v) is 15.6. The van der Waals surface area contributed by atoms with Crippen molar-refractivity contribution >= 4 is 40.8 Å².